The summed E-state index contributed by atoms with van der Waals surface area (Å²) in [5.74, 6) is -1.02. The zero-order chi connectivity index (χ0) is 47.2. The minimum Gasteiger partial charge on any atom is -0.457 e. The van der Waals surface area contributed by atoms with Crippen LogP contribution in [-0.2, 0) is 42.7 Å². The highest BCUT2D eigenvalue weighted by atomic mass is 16.8. The minimum atomic E-state index is -1.69. The molecule has 9 N–H and O–H groups in total. The maximum atomic E-state index is 12.4. The van der Waals surface area contributed by atoms with Crippen LogP contribution in [0, 0.1) is 44.8 Å². The number of ether oxygens (including phenoxy) is 8. The molecular weight excluding hydrogens is 852 g/mol. The summed E-state index contributed by atoms with van der Waals surface area (Å²) >= 11 is 0. The lowest BCUT2D eigenvalue weighted by atomic mass is 9.41. The summed E-state index contributed by atoms with van der Waals surface area (Å²) in [5.41, 5.74) is -3.47. The molecule has 0 aromatic heterocycles. The van der Waals surface area contributed by atoms with Crippen LogP contribution in [0.25, 0.3) is 0 Å². The van der Waals surface area contributed by atoms with E-state index < -0.39 is 115 Å². The molecule has 0 radical (unpaired) electrons. The zero-order valence-electron chi connectivity index (χ0n) is 39.2. The molecule has 0 amide bonds. The predicted octanol–water partition coefficient (Wildman–Crippen LogP) is 0.397. The normalized spacial score (nSPS) is 56.2. The molecule has 9 rings (SSSR count). The van der Waals surface area contributed by atoms with Gasteiger partial charge in [0.1, 0.15) is 42.7 Å². The number of fused-ring (bicyclic) bond motifs is 2. The molecule has 0 bridgehead atoms. The summed E-state index contributed by atoms with van der Waals surface area (Å²) in [6, 6.07) is 0. The predicted molar refractivity (Wildman–Crippen MR) is 224 cm³/mol. The molecule has 18 nitrogen and oxygen atoms in total. The van der Waals surface area contributed by atoms with Gasteiger partial charge in [0.25, 0.3) is 0 Å². The van der Waals surface area contributed by atoms with Crippen molar-refractivity contribution in [3.63, 3.8) is 0 Å². The third-order valence-electron chi connectivity index (χ3n) is 19.2. The third kappa shape index (κ3) is 7.44. The Morgan fingerprint density at radius 1 is 0.631 bits per heavy atom. The van der Waals surface area contributed by atoms with E-state index in [1.165, 1.54) is 6.92 Å². The molecule has 65 heavy (non-hydrogen) atoms. The van der Waals surface area contributed by atoms with E-state index in [1.54, 1.807) is 13.8 Å². The molecule has 24 atom stereocenters. The smallest absolute Gasteiger partial charge is 0.303 e. The van der Waals surface area contributed by atoms with Gasteiger partial charge >= 0.3 is 5.97 Å². The Morgan fingerprint density at radius 2 is 1.23 bits per heavy atom. The quantitative estimate of drug-likeness (QED) is 0.112. The number of carbonyl (C=O) groups excluding carboxylic acids is 1. The van der Waals surface area contributed by atoms with E-state index in [4.69, 9.17) is 37.9 Å². The van der Waals surface area contributed by atoms with Gasteiger partial charge in [0, 0.05) is 12.8 Å². The summed E-state index contributed by atoms with van der Waals surface area (Å²) in [5, 5.41) is 98.3. The first kappa shape index (κ1) is 48.8. The lowest BCUT2D eigenvalue weighted by molar-refractivity contribution is -0.359. The van der Waals surface area contributed by atoms with Crippen molar-refractivity contribution in [1.82, 2.24) is 0 Å². The van der Waals surface area contributed by atoms with Crippen LogP contribution >= 0.6 is 0 Å². The monoisotopic (exact) mass is 929 g/mol. The number of hydrogen-bond acceptors (Lipinski definition) is 18. The molecule has 5 saturated carbocycles. The van der Waals surface area contributed by atoms with Gasteiger partial charge in [0.2, 0.25) is 0 Å². The van der Waals surface area contributed by atoms with Crippen molar-refractivity contribution in [1.29, 1.82) is 0 Å². The van der Waals surface area contributed by atoms with Gasteiger partial charge in [-0.25, -0.2) is 0 Å². The SMILES string of the molecule is CC(=O)O[C@H]1[C@@H](O[C@@H]2OC[C@H](O)[C@@H](O)[C@H]2O)[C@@H](O[C@@H]2CC[C@]34C[C@]35CC[C@]3(C)[C@H]([C@@]6(C)CC[C@@H](C(C)(C)O)O6)[C@@H](O)C[C@@]3(C)[C@@H]5C[C@H](O[C@@H]3OC[C@H](O)[C@H](O)[C@@H]3O)[C@@H]4C2(C)C)OC[C@H]1O. The van der Waals surface area contributed by atoms with E-state index in [1.807, 2.05) is 0 Å². The van der Waals surface area contributed by atoms with E-state index in [-0.39, 0.29) is 65.3 Å². The average Bonchev–Trinajstić information content (AvgIpc) is 3.58. The van der Waals surface area contributed by atoms with Crippen molar-refractivity contribution in [2.45, 2.75) is 223 Å². The molecule has 5 aliphatic carbocycles. The van der Waals surface area contributed by atoms with Gasteiger partial charge in [0.15, 0.2) is 31.1 Å². The average molecular weight is 929 g/mol. The Labute approximate surface area is 381 Å². The minimum absolute atomic E-state index is 0.0791. The second-order valence-electron chi connectivity index (χ2n) is 23.6. The fraction of sp³-hybridized carbons (Fsp3) is 0.979. The van der Waals surface area contributed by atoms with Crippen molar-refractivity contribution in [3.8, 4) is 0 Å². The van der Waals surface area contributed by atoms with Gasteiger partial charge in [-0.2, -0.15) is 0 Å². The number of rotatable bonds is 9. The number of carbonyl (C=O) groups is 1. The van der Waals surface area contributed by atoms with Crippen LogP contribution in [0.2, 0.25) is 0 Å². The molecule has 4 heterocycles. The molecule has 9 fully saturated rings. The van der Waals surface area contributed by atoms with E-state index in [2.05, 4.69) is 34.6 Å². The molecule has 18 heteroatoms. The molecule has 0 aromatic rings. The Hall–Kier alpha value is -1.17. The lowest BCUT2D eigenvalue weighted by Crippen LogP contribution is -2.65. The first-order chi connectivity index (χ1) is 30.2. The molecular formula is C47H76O18. The highest BCUT2D eigenvalue weighted by molar-refractivity contribution is 5.66. The first-order valence-electron chi connectivity index (χ1n) is 24.1. The van der Waals surface area contributed by atoms with Crippen LogP contribution in [0.15, 0.2) is 0 Å². The van der Waals surface area contributed by atoms with Crippen molar-refractivity contribution < 1.29 is 88.6 Å². The second kappa shape index (κ2) is 16.5. The standard InChI is InChI=1S/C47H76O18/c1-21(48)61-34-25(52)19-60-40(35(34)64-39-33(56)31(54)24(51)18-59-39)63-28-10-12-47-20-46(47)14-13-43(6)36(45(8)11-9-29(65-45)42(4,5)57)22(49)16-44(43,7)27(46)15-26(37(47)41(28,2)3)62-38-32(55)30(53)23(50)17-58-38/h22-40,49-57H,9-20H2,1-8H3/t22-,23-,24-,25+,26-,27-,28+,29-,30-,31+,32-,33+,34+,35+,36+,37+,38-,39-,40+,43+,44-,45+,46-,47+/m0/s1. The summed E-state index contributed by atoms with van der Waals surface area (Å²) in [6.45, 7) is 14.9. The zero-order valence-corrected chi connectivity index (χ0v) is 39.2. The third-order valence-corrected chi connectivity index (χ3v) is 19.2. The number of esters is 1. The Morgan fingerprint density at radius 3 is 1.83 bits per heavy atom. The Bertz CT molecular complexity index is 1780. The number of hydrogen-bond donors (Lipinski definition) is 9. The van der Waals surface area contributed by atoms with Crippen LogP contribution in [0.1, 0.15) is 113 Å². The van der Waals surface area contributed by atoms with E-state index >= 15 is 0 Å². The van der Waals surface area contributed by atoms with Gasteiger partial charge in [-0.05, 0) is 117 Å². The summed E-state index contributed by atoms with van der Waals surface area (Å²) in [4.78, 5) is 12.4. The second-order valence-corrected chi connectivity index (χ2v) is 23.6. The molecule has 4 aliphatic heterocycles. The van der Waals surface area contributed by atoms with Crippen molar-refractivity contribution in [3.05, 3.63) is 0 Å². The first-order valence-corrected chi connectivity index (χ1v) is 24.1. The topological polar surface area (TPSA) is 273 Å². The fourth-order valence-electron chi connectivity index (χ4n) is 16.1. The van der Waals surface area contributed by atoms with Gasteiger partial charge in [-0.3, -0.25) is 4.79 Å². The lowest BCUT2D eigenvalue weighted by Gasteiger charge is -2.65. The summed E-state index contributed by atoms with van der Waals surface area (Å²) in [7, 11) is 0. The van der Waals surface area contributed by atoms with Crippen LogP contribution in [0.5, 0.6) is 0 Å². The molecule has 2 spiro atoms. The van der Waals surface area contributed by atoms with E-state index in [0.717, 1.165) is 32.1 Å². The van der Waals surface area contributed by atoms with E-state index in [0.29, 0.717) is 25.7 Å². The Kier molecular flexibility index (Phi) is 12.4. The van der Waals surface area contributed by atoms with Gasteiger partial charge in [-0.15, -0.1) is 0 Å². The van der Waals surface area contributed by atoms with Gasteiger partial charge in [0.05, 0.1) is 55.4 Å². The van der Waals surface area contributed by atoms with Crippen molar-refractivity contribution in [2.24, 2.45) is 44.8 Å². The molecule has 0 unspecified atom stereocenters. The number of aliphatic hydroxyl groups is 9. The highest BCUT2D eigenvalue weighted by Gasteiger charge is 2.85. The van der Waals surface area contributed by atoms with Crippen molar-refractivity contribution >= 4 is 5.97 Å². The molecule has 0 aromatic carbocycles. The van der Waals surface area contributed by atoms with Gasteiger partial charge in [-0.1, -0.05) is 27.7 Å². The highest BCUT2D eigenvalue weighted by Crippen LogP contribution is 2.89. The maximum Gasteiger partial charge on any atom is 0.303 e. The molecule has 9 aliphatic rings. The van der Waals surface area contributed by atoms with Crippen LogP contribution in [-0.4, -0.2) is 181 Å². The van der Waals surface area contributed by atoms with Crippen LogP contribution in [0.4, 0.5) is 0 Å². The largest absolute Gasteiger partial charge is 0.457 e. The fourth-order valence-corrected chi connectivity index (χ4v) is 16.1. The van der Waals surface area contributed by atoms with Crippen LogP contribution < -0.4 is 0 Å². The van der Waals surface area contributed by atoms with E-state index in [9.17, 15) is 50.8 Å². The van der Waals surface area contributed by atoms with Crippen molar-refractivity contribution in [2.75, 3.05) is 19.8 Å². The number of aliphatic hydroxyl groups excluding tert-OH is 8. The molecule has 372 valence electrons. The summed E-state index contributed by atoms with van der Waals surface area (Å²) < 4.78 is 50.1. The van der Waals surface area contributed by atoms with Gasteiger partial charge < -0.3 is 83.9 Å². The Balaban J connectivity index is 1.04. The summed E-state index contributed by atoms with van der Waals surface area (Å²) in [6.07, 6.45) is -12.5. The molecule has 4 saturated heterocycles. The van der Waals surface area contributed by atoms with Crippen LogP contribution in [0.3, 0.4) is 0 Å². The maximum absolute atomic E-state index is 12.4.